The van der Waals surface area contributed by atoms with Gasteiger partial charge in [0.25, 0.3) is 10.2 Å². The summed E-state index contributed by atoms with van der Waals surface area (Å²) in [4.78, 5) is 2.35. The molecule has 0 atom stereocenters. The number of likely N-dealkylation sites (tertiary alicyclic amines) is 1. The number of halogens is 1. The predicted molar refractivity (Wildman–Crippen MR) is 99.2 cm³/mol. The van der Waals surface area contributed by atoms with Crippen LogP contribution in [0.3, 0.4) is 0 Å². The lowest BCUT2D eigenvalue weighted by Gasteiger charge is -2.32. The Bertz CT molecular complexity index is 697. The highest BCUT2D eigenvalue weighted by Gasteiger charge is 2.23. The van der Waals surface area contributed by atoms with E-state index in [0.29, 0.717) is 12.5 Å². The minimum Gasteiger partial charge on any atom is -0.299 e. The number of piperidine rings is 1. The summed E-state index contributed by atoms with van der Waals surface area (Å²) in [6.07, 6.45) is 2.10. The Morgan fingerprint density at radius 1 is 1.36 bits per heavy atom. The van der Waals surface area contributed by atoms with Gasteiger partial charge in [0.05, 0.1) is 6.07 Å². The van der Waals surface area contributed by atoms with Crippen molar-refractivity contribution in [2.45, 2.75) is 25.8 Å². The summed E-state index contributed by atoms with van der Waals surface area (Å²) in [6, 6.07) is 9.82. The number of nitrogens with zero attached hydrogens (tertiary/aromatic N) is 3. The lowest BCUT2D eigenvalue weighted by Crippen LogP contribution is -2.43. The molecule has 1 aromatic rings. The van der Waals surface area contributed by atoms with Crippen molar-refractivity contribution in [1.29, 1.82) is 5.26 Å². The van der Waals surface area contributed by atoms with E-state index in [1.807, 2.05) is 30.3 Å². The zero-order valence-corrected chi connectivity index (χ0v) is 16.1. The molecule has 0 bridgehead atoms. The number of benzene rings is 1. The Kier molecular flexibility index (Phi) is 7.66. The summed E-state index contributed by atoms with van der Waals surface area (Å²) in [6.45, 7) is 3.35. The second-order valence-corrected chi connectivity index (χ2v) is 8.66. The SMILES string of the molecule is CN(CCC#N)S(=O)(=O)NCC1CCN(Cc2ccccc2Cl)CC1. The molecule has 1 heterocycles. The smallest absolute Gasteiger partial charge is 0.279 e. The molecule has 25 heavy (non-hydrogen) atoms. The number of nitriles is 1. The Morgan fingerprint density at radius 2 is 2.04 bits per heavy atom. The summed E-state index contributed by atoms with van der Waals surface area (Å²) in [5.74, 6) is 0.335. The van der Waals surface area contributed by atoms with Crippen molar-refractivity contribution in [3.8, 4) is 6.07 Å². The third-order valence-electron chi connectivity index (χ3n) is 4.56. The van der Waals surface area contributed by atoms with Crippen LogP contribution in [0.5, 0.6) is 0 Å². The highest BCUT2D eigenvalue weighted by Crippen LogP contribution is 2.22. The molecule has 1 N–H and O–H groups in total. The Labute approximate surface area is 155 Å². The molecule has 2 rings (SSSR count). The molecule has 1 aromatic carbocycles. The molecule has 8 heteroatoms. The van der Waals surface area contributed by atoms with Gasteiger partial charge in [0.15, 0.2) is 0 Å². The lowest BCUT2D eigenvalue weighted by atomic mass is 9.97. The summed E-state index contributed by atoms with van der Waals surface area (Å²) in [5.41, 5.74) is 1.13. The van der Waals surface area contributed by atoms with E-state index in [1.165, 1.54) is 11.4 Å². The molecule has 138 valence electrons. The van der Waals surface area contributed by atoms with E-state index in [4.69, 9.17) is 16.9 Å². The highest BCUT2D eigenvalue weighted by atomic mass is 35.5. The molecular formula is C17H25ClN4O2S. The lowest BCUT2D eigenvalue weighted by molar-refractivity contribution is 0.178. The molecule has 1 aliphatic heterocycles. The first kappa shape index (κ1) is 20.1. The fourth-order valence-electron chi connectivity index (χ4n) is 2.88. The van der Waals surface area contributed by atoms with E-state index >= 15 is 0 Å². The van der Waals surface area contributed by atoms with Crippen molar-refractivity contribution in [1.82, 2.24) is 13.9 Å². The van der Waals surface area contributed by atoms with Crippen LogP contribution >= 0.6 is 11.6 Å². The second kappa shape index (κ2) is 9.51. The third-order valence-corrected chi connectivity index (χ3v) is 6.47. The van der Waals surface area contributed by atoms with E-state index in [2.05, 4.69) is 9.62 Å². The fourth-order valence-corrected chi connectivity index (χ4v) is 4.07. The van der Waals surface area contributed by atoms with E-state index in [9.17, 15) is 8.42 Å². The minimum absolute atomic E-state index is 0.192. The van der Waals surface area contributed by atoms with Gasteiger partial charge in [-0.3, -0.25) is 4.90 Å². The van der Waals surface area contributed by atoms with Crippen molar-refractivity contribution in [2.24, 2.45) is 5.92 Å². The van der Waals surface area contributed by atoms with Gasteiger partial charge in [-0.1, -0.05) is 29.8 Å². The van der Waals surface area contributed by atoms with Gasteiger partial charge >= 0.3 is 0 Å². The molecular weight excluding hydrogens is 360 g/mol. The van der Waals surface area contributed by atoms with Crippen molar-refractivity contribution < 1.29 is 8.42 Å². The van der Waals surface area contributed by atoms with Crippen molar-refractivity contribution in [3.05, 3.63) is 34.9 Å². The fraction of sp³-hybridized carbons (Fsp3) is 0.588. The zero-order chi connectivity index (χ0) is 18.3. The molecule has 0 amide bonds. The quantitative estimate of drug-likeness (QED) is 0.745. The van der Waals surface area contributed by atoms with E-state index in [0.717, 1.165) is 43.1 Å². The Balaban J connectivity index is 1.75. The molecule has 0 spiro atoms. The van der Waals surface area contributed by atoms with Crippen molar-refractivity contribution in [2.75, 3.05) is 33.2 Å². The molecule has 6 nitrogen and oxygen atoms in total. The molecule has 0 aromatic heterocycles. The minimum atomic E-state index is -3.50. The van der Waals surface area contributed by atoms with Gasteiger partial charge in [-0.15, -0.1) is 0 Å². The van der Waals surface area contributed by atoms with E-state index in [1.54, 1.807) is 0 Å². The van der Waals surface area contributed by atoms with Gasteiger partial charge in [0, 0.05) is 38.1 Å². The first-order chi connectivity index (χ1) is 11.9. The van der Waals surface area contributed by atoms with Crippen molar-refractivity contribution in [3.63, 3.8) is 0 Å². The van der Waals surface area contributed by atoms with Gasteiger partial charge in [0.2, 0.25) is 0 Å². The van der Waals surface area contributed by atoms with Crippen LogP contribution in [0.4, 0.5) is 0 Å². The topological polar surface area (TPSA) is 76.4 Å². The summed E-state index contributed by atoms with van der Waals surface area (Å²) in [7, 11) is -2.01. The van der Waals surface area contributed by atoms with E-state index in [-0.39, 0.29) is 13.0 Å². The maximum atomic E-state index is 12.1. The van der Waals surface area contributed by atoms with Crippen LogP contribution in [-0.2, 0) is 16.8 Å². The third kappa shape index (κ3) is 6.24. The maximum Gasteiger partial charge on any atom is 0.279 e. The number of nitrogens with one attached hydrogen (secondary N) is 1. The molecule has 0 radical (unpaired) electrons. The van der Waals surface area contributed by atoms with Crippen LogP contribution in [0.25, 0.3) is 0 Å². The summed E-state index contributed by atoms with van der Waals surface area (Å²) >= 11 is 6.21. The van der Waals surface area contributed by atoms with Crippen LogP contribution in [0, 0.1) is 17.2 Å². The van der Waals surface area contributed by atoms with Crippen molar-refractivity contribution >= 4 is 21.8 Å². The van der Waals surface area contributed by atoms with Gasteiger partial charge in [-0.05, 0) is 43.5 Å². The first-order valence-electron chi connectivity index (χ1n) is 8.46. The molecule has 0 unspecified atom stereocenters. The largest absolute Gasteiger partial charge is 0.299 e. The van der Waals surface area contributed by atoms with Crippen LogP contribution in [-0.4, -0.2) is 50.8 Å². The number of hydrogen-bond acceptors (Lipinski definition) is 4. The summed E-state index contributed by atoms with van der Waals surface area (Å²) < 4.78 is 28.1. The van der Waals surface area contributed by atoms with Crippen LogP contribution in [0.15, 0.2) is 24.3 Å². The average Bonchev–Trinajstić information content (AvgIpc) is 2.61. The first-order valence-corrected chi connectivity index (χ1v) is 10.3. The normalized spacial score (nSPS) is 16.9. The molecule has 1 aliphatic rings. The van der Waals surface area contributed by atoms with Crippen LogP contribution in [0.2, 0.25) is 5.02 Å². The maximum absolute atomic E-state index is 12.1. The second-order valence-electron chi connectivity index (χ2n) is 6.39. The average molecular weight is 385 g/mol. The summed E-state index contributed by atoms with van der Waals surface area (Å²) in [5, 5.41) is 9.35. The van der Waals surface area contributed by atoms with Crippen LogP contribution in [0.1, 0.15) is 24.8 Å². The molecule has 1 fully saturated rings. The Hall–Kier alpha value is -1.17. The zero-order valence-electron chi connectivity index (χ0n) is 14.5. The van der Waals surface area contributed by atoms with Gasteiger partial charge in [-0.2, -0.15) is 18.0 Å². The molecule has 0 aliphatic carbocycles. The van der Waals surface area contributed by atoms with Gasteiger partial charge < -0.3 is 0 Å². The van der Waals surface area contributed by atoms with Gasteiger partial charge in [0.1, 0.15) is 0 Å². The highest BCUT2D eigenvalue weighted by molar-refractivity contribution is 7.87. The Morgan fingerprint density at radius 3 is 2.68 bits per heavy atom. The predicted octanol–water partition coefficient (Wildman–Crippen LogP) is 2.23. The number of rotatable bonds is 8. The number of hydrogen-bond donors (Lipinski definition) is 1. The van der Waals surface area contributed by atoms with E-state index < -0.39 is 10.2 Å². The molecule has 0 saturated carbocycles. The standard InChI is InChI=1S/C17H25ClN4O2S/c1-21(10-4-9-19)25(23,24)20-13-15-7-11-22(12-8-15)14-16-5-2-3-6-17(16)18/h2-3,5-6,15,20H,4,7-8,10-14H2,1H3. The van der Waals surface area contributed by atoms with Gasteiger partial charge in [-0.25, -0.2) is 4.72 Å². The molecule has 1 saturated heterocycles. The van der Waals surface area contributed by atoms with Crippen LogP contribution < -0.4 is 4.72 Å². The monoisotopic (exact) mass is 384 g/mol.